The van der Waals surface area contributed by atoms with E-state index in [0.29, 0.717) is 22.7 Å². The van der Waals surface area contributed by atoms with E-state index in [9.17, 15) is 0 Å². The van der Waals surface area contributed by atoms with E-state index in [0.717, 1.165) is 139 Å². The zero-order valence-corrected chi connectivity index (χ0v) is 55.6. The largest absolute Gasteiger partial charge is 0.510 e. The van der Waals surface area contributed by atoms with Gasteiger partial charge < -0.3 is 18.3 Å². The molecule has 6 nitrogen and oxygen atoms in total. The number of aryl methyl sites for hydroxylation is 2. The van der Waals surface area contributed by atoms with Crippen LogP contribution in [0, 0.1) is 32.2 Å². The van der Waals surface area contributed by atoms with Crippen LogP contribution in [0.3, 0.4) is 0 Å². The molecular formula is C86H70N4O2Pt-2. The summed E-state index contributed by atoms with van der Waals surface area (Å²) >= 11 is 0. The first-order valence-corrected chi connectivity index (χ1v) is 31.5. The summed E-state index contributed by atoms with van der Waals surface area (Å²) in [5, 5.41) is 4.10. The average Bonchev–Trinajstić information content (AvgIpc) is 1.50. The van der Waals surface area contributed by atoms with Crippen LogP contribution >= 0.6 is 0 Å². The number of imidazole rings is 1. The second-order valence-corrected chi connectivity index (χ2v) is 27.6. The molecule has 458 valence electrons. The molecule has 16 rings (SSSR count). The van der Waals surface area contributed by atoms with Crippen LogP contribution in [0.1, 0.15) is 98.4 Å². The summed E-state index contributed by atoms with van der Waals surface area (Å²) in [5.74, 6) is 1.72. The predicted molar refractivity (Wildman–Crippen MR) is 379 cm³/mol. The van der Waals surface area contributed by atoms with Crippen molar-refractivity contribution in [2.45, 2.75) is 92.3 Å². The van der Waals surface area contributed by atoms with Crippen molar-refractivity contribution in [2.24, 2.45) is 0 Å². The third-order valence-corrected chi connectivity index (χ3v) is 18.5. The van der Waals surface area contributed by atoms with Crippen molar-refractivity contribution in [3.8, 4) is 95.5 Å². The quantitative estimate of drug-likeness (QED) is 0.118. The number of furan rings is 1. The van der Waals surface area contributed by atoms with Gasteiger partial charge in [-0.25, -0.2) is 4.98 Å². The minimum Gasteiger partial charge on any atom is -0.510 e. The number of aromatic nitrogens is 4. The molecule has 0 radical (unpaired) electrons. The van der Waals surface area contributed by atoms with Gasteiger partial charge in [0.1, 0.15) is 17.0 Å². The average molecular weight is 1390 g/mol. The van der Waals surface area contributed by atoms with E-state index in [4.69, 9.17) is 22.4 Å². The Morgan fingerprint density at radius 1 is 0.452 bits per heavy atom. The zero-order chi connectivity index (χ0) is 68.1. The number of pyridine rings is 1. The van der Waals surface area contributed by atoms with Gasteiger partial charge in [0.05, 0.1) is 16.7 Å². The summed E-state index contributed by atoms with van der Waals surface area (Å²) in [6.07, 6.45) is 5.90. The van der Waals surface area contributed by atoms with E-state index in [1.165, 1.54) is 0 Å². The molecule has 0 atom stereocenters. The third-order valence-electron chi connectivity index (χ3n) is 18.5. The minimum atomic E-state index is -2.69. The maximum absolute atomic E-state index is 9.05. The second-order valence-electron chi connectivity index (χ2n) is 27.6. The fourth-order valence-corrected chi connectivity index (χ4v) is 13.6. The van der Waals surface area contributed by atoms with Crippen molar-refractivity contribution >= 4 is 54.8 Å². The van der Waals surface area contributed by atoms with Crippen LogP contribution < -0.4 is 9.30 Å². The van der Waals surface area contributed by atoms with Crippen molar-refractivity contribution in [3.63, 3.8) is 0 Å². The number of fused-ring (bicyclic) bond motifs is 13. The number of para-hydroxylation sites is 2. The molecule has 0 spiro atoms. The van der Waals surface area contributed by atoms with E-state index in [1.807, 2.05) is 66.9 Å². The molecule has 0 saturated carbocycles. The Kier molecular flexibility index (Phi) is 12.6. The number of ether oxygens (including phenoxy) is 1. The summed E-state index contributed by atoms with van der Waals surface area (Å²) in [6.45, 7) is 14.5. The Hall–Kier alpha value is -9.87. The standard InChI is InChI=1S/C86H70N4O2.Pt/c1-52-22-20-23-53(2)81(52)57-44-71(56-40-59(85(6,7)8)47-60(41-56)86(9,10)11)82-73(45-57)66-28-14-12-26-64(66)65-27-13-15-29-67(65)74-43-55(54-34-37-79-72(42-54)70-31-17-19-33-78(70)92-79)46-77-83(74)89(82)51-88(77)61-24-21-25-62(49-61)91-63-35-36-69-68-30-16-18-32-75(68)90(76(69)50-63)80-48-58(38-39-87-80)84(3,4)5;/h12-48H,1-11H3;/q-2;/i1D3,2D3;. The molecule has 7 heteroatoms. The maximum Gasteiger partial charge on any atom is 0.268 e. The van der Waals surface area contributed by atoms with Crippen LogP contribution in [-0.4, -0.2) is 14.1 Å². The molecule has 15 aromatic rings. The Morgan fingerprint density at radius 3 is 1.77 bits per heavy atom. The summed E-state index contributed by atoms with van der Waals surface area (Å²) in [7, 11) is 0. The van der Waals surface area contributed by atoms with Crippen molar-refractivity contribution < 1.29 is 43.0 Å². The van der Waals surface area contributed by atoms with Gasteiger partial charge in [0.15, 0.2) is 0 Å². The molecule has 0 aliphatic carbocycles. The van der Waals surface area contributed by atoms with Crippen LogP contribution in [0.15, 0.2) is 229 Å². The number of rotatable bonds is 7. The third kappa shape index (κ3) is 10.1. The SMILES string of the molecule is [2H]C([2H])([2H])c1cccc(C([2H])([2H])[2H])c1-c1cc(-c2cc(C(C)(C)C)cc(C(C)(C)C)c2)c2c(c1)-c1ccccc1-c1ccccc1-c1cc(-c3ccc4oc5ccccc5c4c3)cc3c1[n+]-2[c-]n3-c1[c-]c(Oc2[c-]c3c(cc2)c2ccccc2n3-c2cc(C(C)(C)C)ccn2)ccc1.[Pt]. The topological polar surface area (TPSA) is 49.0 Å². The van der Waals surface area contributed by atoms with Crippen LogP contribution in [0.2, 0.25) is 0 Å². The Bertz CT molecular complexity index is 5730. The molecule has 1 aliphatic heterocycles. The van der Waals surface area contributed by atoms with Crippen molar-refractivity contribution in [3.05, 3.63) is 271 Å². The van der Waals surface area contributed by atoms with Gasteiger partial charge in [0.2, 0.25) is 0 Å². The first-order chi connectivity index (χ1) is 46.7. The molecule has 11 aromatic carbocycles. The van der Waals surface area contributed by atoms with Crippen molar-refractivity contribution in [1.82, 2.24) is 14.1 Å². The summed E-state index contributed by atoms with van der Waals surface area (Å²) in [6, 6.07) is 81.3. The minimum absolute atomic E-state index is 0. The normalized spacial score (nSPS) is 13.6. The van der Waals surface area contributed by atoms with Gasteiger partial charge in [-0.1, -0.05) is 201 Å². The molecule has 0 amide bonds. The fraction of sp³-hybridized carbons (Fsp3) is 0.163. The van der Waals surface area contributed by atoms with Crippen LogP contribution in [-0.2, 0) is 37.3 Å². The molecule has 0 saturated heterocycles. The summed E-state index contributed by atoms with van der Waals surface area (Å²) < 4.78 is 74.1. The summed E-state index contributed by atoms with van der Waals surface area (Å²) in [4.78, 5) is 4.94. The van der Waals surface area contributed by atoms with Crippen molar-refractivity contribution in [2.75, 3.05) is 0 Å². The molecule has 0 bridgehead atoms. The smallest absolute Gasteiger partial charge is 0.268 e. The molecular weight excluding hydrogens is 1320 g/mol. The molecule has 0 unspecified atom stereocenters. The van der Waals surface area contributed by atoms with E-state index < -0.39 is 13.7 Å². The zero-order valence-electron chi connectivity index (χ0n) is 59.3. The molecule has 0 N–H and O–H groups in total. The van der Waals surface area contributed by atoms with Crippen LogP contribution in [0.4, 0.5) is 0 Å². The van der Waals surface area contributed by atoms with Crippen LogP contribution in [0.5, 0.6) is 11.5 Å². The number of nitrogens with zero attached hydrogens (tertiary/aromatic N) is 4. The van der Waals surface area contributed by atoms with Crippen molar-refractivity contribution in [1.29, 1.82) is 0 Å². The van der Waals surface area contributed by atoms with Gasteiger partial charge in [-0.3, -0.25) is 4.57 Å². The van der Waals surface area contributed by atoms with Crippen LogP contribution in [0.25, 0.3) is 139 Å². The molecule has 4 aromatic heterocycles. The van der Waals surface area contributed by atoms with E-state index in [2.05, 4.69) is 234 Å². The first kappa shape index (κ1) is 52.7. The second kappa shape index (κ2) is 22.2. The maximum atomic E-state index is 9.05. The fourth-order valence-electron chi connectivity index (χ4n) is 13.6. The molecule has 1 aliphatic rings. The molecule has 93 heavy (non-hydrogen) atoms. The van der Waals surface area contributed by atoms with Gasteiger partial charge in [-0.15, -0.1) is 29.7 Å². The van der Waals surface area contributed by atoms with E-state index >= 15 is 0 Å². The van der Waals surface area contributed by atoms with Gasteiger partial charge in [0.25, 0.3) is 6.33 Å². The van der Waals surface area contributed by atoms with Gasteiger partial charge in [-0.2, -0.15) is 18.2 Å². The Balaban J connectivity index is 0.00000798. The Labute approximate surface area is 567 Å². The Morgan fingerprint density at radius 2 is 1.06 bits per heavy atom. The predicted octanol–water partition coefficient (Wildman–Crippen LogP) is 22.3. The van der Waals surface area contributed by atoms with Gasteiger partial charge in [-0.05, 0) is 190 Å². The van der Waals surface area contributed by atoms with E-state index in [1.54, 1.807) is 18.2 Å². The number of benzene rings is 11. The van der Waals surface area contributed by atoms with Gasteiger partial charge >= 0.3 is 0 Å². The van der Waals surface area contributed by atoms with E-state index in [-0.39, 0.29) is 54.0 Å². The monoisotopic (exact) mass is 1390 g/mol. The molecule has 5 heterocycles. The first-order valence-electron chi connectivity index (χ1n) is 34.5. The number of hydrogen-bond acceptors (Lipinski definition) is 3. The molecule has 0 fully saturated rings. The number of hydrogen-bond donors (Lipinski definition) is 0. The van der Waals surface area contributed by atoms with Gasteiger partial charge in [0, 0.05) is 63.3 Å². The summed E-state index contributed by atoms with van der Waals surface area (Å²) in [5.41, 5.74) is 18.4.